The van der Waals surface area contributed by atoms with E-state index < -0.39 is 5.60 Å². The highest BCUT2D eigenvalue weighted by Crippen LogP contribution is 2.32. The molecule has 0 unspecified atom stereocenters. The van der Waals surface area contributed by atoms with E-state index in [2.05, 4.69) is 11.4 Å². The molecule has 1 fully saturated rings. The summed E-state index contributed by atoms with van der Waals surface area (Å²) >= 11 is 0. The molecule has 23 heavy (non-hydrogen) atoms. The van der Waals surface area contributed by atoms with Crippen molar-refractivity contribution >= 4 is 5.91 Å². The van der Waals surface area contributed by atoms with Crippen LogP contribution in [0, 0.1) is 0 Å². The zero-order chi connectivity index (χ0) is 16.9. The molecule has 0 radical (unpaired) electrons. The monoisotopic (exact) mass is 319 g/mol. The van der Waals surface area contributed by atoms with E-state index in [1.54, 1.807) is 0 Å². The van der Waals surface area contributed by atoms with Crippen LogP contribution in [0.25, 0.3) is 0 Å². The van der Waals surface area contributed by atoms with Crippen molar-refractivity contribution in [3.8, 4) is 0 Å². The van der Waals surface area contributed by atoms with Gasteiger partial charge in [0.05, 0.1) is 24.2 Å². The Balaban J connectivity index is 1.82. The van der Waals surface area contributed by atoms with Crippen LogP contribution in [0.5, 0.6) is 0 Å². The topological polar surface area (TPSA) is 58.6 Å². The number of carbonyl (C=O) groups excluding carboxylic acids is 1. The summed E-state index contributed by atoms with van der Waals surface area (Å²) in [5.41, 5.74) is 1.20. The molecule has 1 saturated carbocycles. The Bertz CT molecular complexity index is 528. The van der Waals surface area contributed by atoms with Crippen LogP contribution in [0.15, 0.2) is 24.3 Å². The quantitative estimate of drug-likeness (QED) is 0.845. The van der Waals surface area contributed by atoms with Gasteiger partial charge in [-0.1, -0.05) is 37.1 Å². The Morgan fingerprint density at radius 3 is 2.57 bits per heavy atom. The smallest absolute Gasteiger partial charge is 0.223 e. The molecule has 1 aliphatic rings. The van der Waals surface area contributed by atoms with Gasteiger partial charge in [0.2, 0.25) is 5.91 Å². The number of aliphatic hydroxyl groups is 1. The van der Waals surface area contributed by atoms with Gasteiger partial charge >= 0.3 is 0 Å². The number of benzene rings is 1. The molecule has 0 bridgehead atoms. The highest BCUT2D eigenvalue weighted by molar-refractivity contribution is 5.77. The van der Waals surface area contributed by atoms with Crippen LogP contribution < -0.4 is 5.32 Å². The Hall–Kier alpha value is -1.39. The summed E-state index contributed by atoms with van der Waals surface area (Å²) in [7, 11) is 0. The fourth-order valence-electron chi connectivity index (χ4n) is 2.90. The first-order valence-electron chi connectivity index (χ1n) is 8.47. The molecule has 2 rings (SSSR count). The highest BCUT2D eigenvalue weighted by Gasteiger charge is 2.33. The van der Waals surface area contributed by atoms with Gasteiger partial charge in [-0.05, 0) is 44.7 Å². The summed E-state index contributed by atoms with van der Waals surface area (Å²) < 4.78 is 5.78. The summed E-state index contributed by atoms with van der Waals surface area (Å²) in [6.07, 6.45) is 3.71. The van der Waals surface area contributed by atoms with Crippen molar-refractivity contribution < 1.29 is 14.6 Å². The third kappa shape index (κ3) is 6.32. The fourth-order valence-corrected chi connectivity index (χ4v) is 2.90. The lowest BCUT2D eigenvalue weighted by Crippen LogP contribution is -2.34. The molecule has 4 nitrogen and oxygen atoms in total. The maximum absolute atomic E-state index is 12.0. The number of carbonyl (C=O) groups is 1. The second kappa shape index (κ2) is 7.45. The van der Waals surface area contributed by atoms with Crippen LogP contribution in [0.1, 0.15) is 64.0 Å². The Morgan fingerprint density at radius 1 is 1.26 bits per heavy atom. The van der Waals surface area contributed by atoms with Crippen LogP contribution >= 0.6 is 0 Å². The lowest BCUT2D eigenvalue weighted by molar-refractivity contribution is -0.126. The molecule has 0 atom stereocenters. The first-order chi connectivity index (χ1) is 10.8. The molecule has 1 aromatic carbocycles. The van der Waals surface area contributed by atoms with Gasteiger partial charge in [0.1, 0.15) is 0 Å². The summed E-state index contributed by atoms with van der Waals surface area (Å²) in [5.74, 6) is -0.0780. The third-order valence-corrected chi connectivity index (χ3v) is 4.18. The maximum Gasteiger partial charge on any atom is 0.223 e. The van der Waals surface area contributed by atoms with Gasteiger partial charge in [-0.25, -0.2) is 0 Å². The fraction of sp³-hybridized carbons (Fsp3) is 0.632. The van der Waals surface area contributed by atoms with Crippen LogP contribution in [-0.4, -0.2) is 22.2 Å². The largest absolute Gasteiger partial charge is 0.389 e. The number of rotatable bonds is 6. The molecule has 0 heterocycles. The van der Waals surface area contributed by atoms with Crippen molar-refractivity contribution in [3.05, 3.63) is 35.4 Å². The van der Waals surface area contributed by atoms with Crippen molar-refractivity contribution in [1.82, 2.24) is 5.32 Å². The van der Waals surface area contributed by atoms with Crippen LogP contribution in [-0.2, 0) is 22.7 Å². The standard InChI is InChI=1S/C19H29NO3/c1-18(2,3)23-14-16-8-6-7-15(11-16)13-20-17(21)12-19(22)9-4-5-10-19/h6-8,11,22H,4-5,9-10,12-14H2,1-3H3,(H,20,21). The molecule has 0 aromatic heterocycles. The summed E-state index contributed by atoms with van der Waals surface area (Å²) in [6, 6.07) is 8.05. The van der Waals surface area contributed by atoms with E-state index in [0.29, 0.717) is 13.2 Å². The van der Waals surface area contributed by atoms with Crippen molar-refractivity contribution in [2.45, 2.75) is 77.2 Å². The Kier molecular flexibility index (Phi) is 5.82. The molecular formula is C19H29NO3. The lowest BCUT2D eigenvalue weighted by atomic mass is 9.97. The Labute approximate surface area is 139 Å². The number of hydrogen-bond donors (Lipinski definition) is 2. The van der Waals surface area contributed by atoms with Gasteiger partial charge in [-0.2, -0.15) is 0 Å². The van der Waals surface area contributed by atoms with Crippen LogP contribution in [0.3, 0.4) is 0 Å². The first-order valence-corrected chi connectivity index (χ1v) is 8.47. The van der Waals surface area contributed by atoms with Gasteiger partial charge < -0.3 is 15.2 Å². The SMILES string of the molecule is CC(C)(C)OCc1cccc(CNC(=O)CC2(O)CCCC2)c1. The number of ether oxygens (including phenoxy) is 1. The minimum Gasteiger partial charge on any atom is -0.389 e. The van der Waals surface area contributed by atoms with Gasteiger partial charge in [-0.3, -0.25) is 4.79 Å². The predicted octanol–water partition coefficient (Wildman–Crippen LogP) is 3.31. The first kappa shape index (κ1) is 18.0. The lowest BCUT2D eigenvalue weighted by Gasteiger charge is -2.21. The van der Waals surface area contributed by atoms with Gasteiger partial charge in [-0.15, -0.1) is 0 Å². The Morgan fingerprint density at radius 2 is 1.91 bits per heavy atom. The molecule has 0 saturated heterocycles. The molecular weight excluding hydrogens is 290 g/mol. The van der Waals surface area contributed by atoms with E-state index >= 15 is 0 Å². The van der Waals surface area contributed by atoms with Gasteiger partial charge in [0.15, 0.2) is 0 Å². The second-order valence-corrected chi connectivity index (χ2v) is 7.61. The number of amides is 1. The van der Waals surface area contributed by atoms with E-state index in [0.717, 1.165) is 36.8 Å². The zero-order valence-corrected chi connectivity index (χ0v) is 14.5. The van der Waals surface area contributed by atoms with Crippen molar-refractivity contribution in [2.75, 3.05) is 0 Å². The molecule has 4 heteroatoms. The molecule has 2 N–H and O–H groups in total. The van der Waals surface area contributed by atoms with Crippen molar-refractivity contribution in [2.24, 2.45) is 0 Å². The molecule has 0 aliphatic heterocycles. The third-order valence-electron chi connectivity index (χ3n) is 4.18. The van der Waals surface area contributed by atoms with Crippen molar-refractivity contribution in [3.63, 3.8) is 0 Å². The molecule has 1 aliphatic carbocycles. The molecule has 1 aromatic rings. The predicted molar refractivity (Wildman–Crippen MR) is 90.9 cm³/mol. The van der Waals surface area contributed by atoms with Crippen LogP contribution in [0.4, 0.5) is 0 Å². The minimum atomic E-state index is -0.785. The average Bonchev–Trinajstić information content (AvgIpc) is 2.89. The van der Waals surface area contributed by atoms with E-state index in [4.69, 9.17) is 4.74 Å². The van der Waals surface area contributed by atoms with E-state index in [-0.39, 0.29) is 17.9 Å². The average molecular weight is 319 g/mol. The summed E-state index contributed by atoms with van der Waals surface area (Å²) in [4.78, 5) is 12.0. The van der Waals surface area contributed by atoms with E-state index in [1.807, 2.05) is 39.0 Å². The van der Waals surface area contributed by atoms with E-state index in [1.165, 1.54) is 0 Å². The minimum absolute atomic E-state index is 0.0780. The normalized spacial score (nSPS) is 17.2. The molecule has 0 spiro atoms. The second-order valence-electron chi connectivity index (χ2n) is 7.61. The molecule has 128 valence electrons. The van der Waals surface area contributed by atoms with Gasteiger partial charge in [0, 0.05) is 6.54 Å². The number of hydrogen-bond acceptors (Lipinski definition) is 3. The molecule has 1 amide bonds. The number of nitrogens with one attached hydrogen (secondary N) is 1. The summed E-state index contributed by atoms with van der Waals surface area (Å²) in [6.45, 7) is 7.14. The van der Waals surface area contributed by atoms with E-state index in [9.17, 15) is 9.90 Å². The van der Waals surface area contributed by atoms with Gasteiger partial charge in [0.25, 0.3) is 0 Å². The maximum atomic E-state index is 12.0. The van der Waals surface area contributed by atoms with Crippen LogP contribution in [0.2, 0.25) is 0 Å². The van der Waals surface area contributed by atoms with Crippen molar-refractivity contribution in [1.29, 1.82) is 0 Å². The highest BCUT2D eigenvalue weighted by atomic mass is 16.5. The summed E-state index contributed by atoms with van der Waals surface area (Å²) in [5, 5.41) is 13.2. The zero-order valence-electron chi connectivity index (χ0n) is 14.5.